The first kappa shape index (κ1) is 18.3. The summed E-state index contributed by atoms with van der Waals surface area (Å²) in [5.74, 6) is 0.582. The van der Waals surface area contributed by atoms with E-state index in [4.69, 9.17) is 4.74 Å². The molecular formula is C18H27FN4O. The first-order valence-corrected chi connectivity index (χ1v) is 8.52. The number of hydrogen-bond donors (Lipinski definition) is 3. The van der Waals surface area contributed by atoms with Gasteiger partial charge in [-0.05, 0) is 49.9 Å². The van der Waals surface area contributed by atoms with E-state index in [-0.39, 0.29) is 5.82 Å². The monoisotopic (exact) mass is 334 g/mol. The number of halogens is 1. The standard InChI is InChI=1S/C18H27FN4O/c1-3-24-11-5-4-9-21-18(20-2)22-10-8-14-13-23-17-7-6-15(19)12-16(14)17/h6-7,12-13,23H,3-5,8-11H2,1-2H3,(H2,20,21,22). The van der Waals surface area contributed by atoms with Crippen LogP contribution in [0, 0.1) is 5.82 Å². The van der Waals surface area contributed by atoms with Crippen molar-refractivity contribution < 1.29 is 9.13 Å². The van der Waals surface area contributed by atoms with E-state index in [2.05, 4.69) is 20.6 Å². The molecule has 0 unspecified atom stereocenters. The highest BCUT2D eigenvalue weighted by Crippen LogP contribution is 2.19. The van der Waals surface area contributed by atoms with Crippen LogP contribution < -0.4 is 10.6 Å². The molecule has 0 saturated heterocycles. The number of unbranched alkanes of at least 4 members (excludes halogenated alkanes) is 1. The molecule has 0 saturated carbocycles. The van der Waals surface area contributed by atoms with E-state index in [1.54, 1.807) is 19.2 Å². The summed E-state index contributed by atoms with van der Waals surface area (Å²) in [4.78, 5) is 7.39. The van der Waals surface area contributed by atoms with E-state index in [1.165, 1.54) is 6.07 Å². The lowest BCUT2D eigenvalue weighted by molar-refractivity contribution is 0.143. The molecule has 0 spiro atoms. The van der Waals surface area contributed by atoms with Crippen molar-refractivity contribution in [2.75, 3.05) is 33.4 Å². The highest BCUT2D eigenvalue weighted by Gasteiger charge is 2.05. The van der Waals surface area contributed by atoms with Crippen molar-refractivity contribution >= 4 is 16.9 Å². The third-order valence-corrected chi connectivity index (χ3v) is 3.85. The number of H-pyrrole nitrogens is 1. The fraction of sp³-hybridized carbons (Fsp3) is 0.500. The van der Waals surface area contributed by atoms with Crippen LogP contribution in [0.5, 0.6) is 0 Å². The minimum atomic E-state index is -0.208. The van der Waals surface area contributed by atoms with Gasteiger partial charge >= 0.3 is 0 Å². The van der Waals surface area contributed by atoms with Crippen LogP contribution in [0.4, 0.5) is 4.39 Å². The number of nitrogens with zero attached hydrogens (tertiary/aromatic N) is 1. The second kappa shape index (κ2) is 9.93. The molecule has 1 aromatic carbocycles. The van der Waals surface area contributed by atoms with Crippen LogP contribution >= 0.6 is 0 Å². The van der Waals surface area contributed by atoms with Crippen LogP contribution in [0.2, 0.25) is 0 Å². The maximum absolute atomic E-state index is 13.4. The Morgan fingerprint density at radius 1 is 1.25 bits per heavy atom. The molecule has 0 bridgehead atoms. The summed E-state index contributed by atoms with van der Waals surface area (Å²) in [6.07, 6.45) is 4.82. The molecule has 2 aromatic rings. The summed E-state index contributed by atoms with van der Waals surface area (Å²) in [6, 6.07) is 4.81. The molecule has 3 N–H and O–H groups in total. The van der Waals surface area contributed by atoms with E-state index >= 15 is 0 Å². The number of guanidine groups is 1. The third-order valence-electron chi connectivity index (χ3n) is 3.85. The summed E-state index contributed by atoms with van der Waals surface area (Å²) in [7, 11) is 1.76. The van der Waals surface area contributed by atoms with Gasteiger partial charge in [0.25, 0.3) is 0 Å². The van der Waals surface area contributed by atoms with Gasteiger partial charge in [0.05, 0.1) is 0 Å². The van der Waals surface area contributed by atoms with Gasteiger partial charge in [-0.2, -0.15) is 0 Å². The van der Waals surface area contributed by atoms with Crippen molar-refractivity contribution in [3.63, 3.8) is 0 Å². The van der Waals surface area contributed by atoms with Crippen molar-refractivity contribution in [3.05, 3.63) is 35.8 Å². The van der Waals surface area contributed by atoms with Gasteiger partial charge in [-0.3, -0.25) is 4.99 Å². The third kappa shape index (κ3) is 5.53. The van der Waals surface area contributed by atoms with Crippen LogP contribution in [0.3, 0.4) is 0 Å². The topological polar surface area (TPSA) is 61.4 Å². The molecule has 0 aliphatic carbocycles. The van der Waals surface area contributed by atoms with E-state index in [0.717, 1.165) is 68.0 Å². The van der Waals surface area contributed by atoms with Gasteiger partial charge < -0.3 is 20.4 Å². The number of ether oxygens (including phenoxy) is 1. The lowest BCUT2D eigenvalue weighted by Crippen LogP contribution is -2.38. The van der Waals surface area contributed by atoms with E-state index in [1.807, 2.05) is 13.1 Å². The molecule has 132 valence electrons. The molecule has 0 radical (unpaired) electrons. The predicted octanol–water partition coefficient (Wildman–Crippen LogP) is 2.83. The van der Waals surface area contributed by atoms with Gasteiger partial charge in [0.2, 0.25) is 0 Å². The smallest absolute Gasteiger partial charge is 0.190 e. The zero-order valence-electron chi connectivity index (χ0n) is 14.5. The van der Waals surface area contributed by atoms with Crippen LogP contribution in [-0.4, -0.2) is 44.3 Å². The summed E-state index contributed by atoms with van der Waals surface area (Å²) in [5, 5.41) is 7.52. The highest BCUT2D eigenvalue weighted by atomic mass is 19.1. The quantitative estimate of drug-likeness (QED) is 0.375. The van der Waals surface area contributed by atoms with Crippen LogP contribution in [0.15, 0.2) is 29.4 Å². The molecule has 0 atom stereocenters. The molecule has 1 aromatic heterocycles. The number of rotatable bonds is 9. The Morgan fingerprint density at radius 2 is 2.08 bits per heavy atom. The molecule has 0 amide bonds. The Balaban J connectivity index is 1.72. The summed E-state index contributed by atoms with van der Waals surface area (Å²) >= 11 is 0. The molecule has 2 rings (SSSR count). The second-order valence-electron chi connectivity index (χ2n) is 5.58. The summed E-state index contributed by atoms with van der Waals surface area (Å²) in [6.45, 7) is 5.19. The van der Waals surface area contributed by atoms with Crippen molar-refractivity contribution in [3.8, 4) is 0 Å². The Labute approximate surface area is 142 Å². The van der Waals surface area contributed by atoms with Crippen molar-refractivity contribution in [2.45, 2.75) is 26.2 Å². The summed E-state index contributed by atoms with van der Waals surface area (Å²) < 4.78 is 18.7. The van der Waals surface area contributed by atoms with Gasteiger partial charge in [-0.1, -0.05) is 0 Å². The Morgan fingerprint density at radius 3 is 2.88 bits per heavy atom. The number of aliphatic imine (C=N–C) groups is 1. The van der Waals surface area contributed by atoms with Crippen molar-refractivity contribution in [1.82, 2.24) is 15.6 Å². The Bertz CT molecular complexity index is 654. The summed E-state index contributed by atoms with van der Waals surface area (Å²) in [5.41, 5.74) is 2.06. The predicted molar refractivity (Wildman–Crippen MR) is 97.1 cm³/mol. The first-order chi connectivity index (χ1) is 11.7. The van der Waals surface area contributed by atoms with Gasteiger partial charge in [-0.15, -0.1) is 0 Å². The van der Waals surface area contributed by atoms with Crippen LogP contribution in [0.1, 0.15) is 25.3 Å². The SMILES string of the molecule is CCOCCCCNC(=NC)NCCc1c[nH]c2ccc(F)cc12. The normalized spacial score (nSPS) is 11.9. The zero-order chi connectivity index (χ0) is 17.2. The zero-order valence-corrected chi connectivity index (χ0v) is 14.5. The number of aromatic nitrogens is 1. The Kier molecular flexibility index (Phi) is 7.55. The minimum Gasteiger partial charge on any atom is -0.382 e. The molecule has 1 heterocycles. The van der Waals surface area contributed by atoms with Crippen LogP contribution in [0.25, 0.3) is 10.9 Å². The average molecular weight is 334 g/mol. The minimum absolute atomic E-state index is 0.208. The Hall–Kier alpha value is -2.08. The fourth-order valence-corrected chi connectivity index (χ4v) is 2.57. The van der Waals surface area contributed by atoms with E-state index < -0.39 is 0 Å². The van der Waals surface area contributed by atoms with Crippen molar-refractivity contribution in [1.29, 1.82) is 0 Å². The number of hydrogen-bond acceptors (Lipinski definition) is 2. The molecule has 0 fully saturated rings. The van der Waals surface area contributed by atoms with Gasteiger partial charge in [0, 0.05) is 50.5 Å². The number of fused-ring (bicyclic) bond motifs is 1. The van der Waals surface area contributed by atoms with Gasteiger partial charge in [-0.25, -0.2) is 4.39 Å². The number of aromatic amines is 1. The molecule has 0 aliphatic heterocycles. The fourth-order valence-electron chi connectivity index (χ4n) is 2.57. The average Bonchev–Trinajstić information content (AvgIpc) is 2.98. The maximum Gasteiger partial charge on any atom is 0.190 e. The first-order valence-electron chi connectivity index (χ1n) is 8.52. The lowest BCUT2D eigenvalue weighted by atomic mass is 10.1. The molecular weight excluding hydrogens is 307 g/mol. The number of benzene rings is 1. The van der Waals surface area contributed by atoms with Gasteiger partial charge in [0.15, 0.2) is 5.96 Å². The maximum atomic E-state index is 13.4. The molecule has 24 heavy (non-hydrogen) atoms. The number of nitrogens with one attached hydrogen (secondary N) is 3. The molecule has 0 aliphatic rings. The molecule has 5 nitrogen and oxygen atoms in total. The van der Waals surface area contributed by atoms with Crippen molar-refractivity contribution in [2.24, 2.45) is 4.99 Å². The second-order valence-corrected chi connectivity index (χ2v) is 5.58. The van der Waals surface area contributed by atoms with E-state index in [0.29, 0.717) is 0 Å². The largest absolute Gasteiger partial charge is 0.382 e. The highest BCUT2D eigenvalue weighted by molar-refractivity contribution is 5.83. The lowest BCUT2D eigenvalue weighted by Gasteiger charge is -2.11. The van der Waals surface area contributed by atoms with Crippen LogP contribution in [-0.2, 0) is 11.2 Å². The molecule has 6 heteroatoms. The van der Waals surface area contributed by atoms with E-state index in [9.17, 15) is 4.39 Å². The van der Waals surface area contributed by atoms with Gasteiger partial charge in [0.1, 0.15) is 5.82 Å².